The number of rotatable bonds is 5. The van der Waals surface area contributed by atoms with Crippen molar-refractivity contribution in [2.24, 2.45) is 5.92 Å². The lowest BCUT2D eigenvalue weighted by Crippen LogP contribution is -2.23. The number of nitrogens with zero attached hydrogens (tertiary/aromatic N) is 2. The maximum Gasteiger partial charge on any atom is 0.376 e. The van der Waals surface area contributed by atoms with Gasteiger partial charge in [-0.3, -0.25) is 0 Å². The Morgan fingerprint density at radius 3 is 3.05 bits per heavy atom. The fourth-order valence-corrected chi connectivity index (χ4v) is 1.95. The first kappa shape index (κ1) is 13.7. The molecule has 0 radical (unpaired) electrons. The molecule has 104 valence electrons. The lowest BCUT2D eigenvalue weighted by atomic mass is 10.0. The van der Waals surface area contributed by atoms with Gasteiger partial charge in [0.25, 0.3) is 0 Å². The molecule has 0 saturated carbocycles. The van der Waals surface area contributed by atoms with Crippen molar-refractivity contribution in [1.29, 1.82) is 0 Å². The lowest BCUT2D eigenvalue weighted by molar-refractivity contribution is 0.0512. The van der Waals surface area contributed by atoms with Crippen LogP contribution in [0.4, 0.5) is 5.82 Å². The number of hydrogen-bond acceptors (Lipinski definition) is 6. The maximum atomic E-state index is 11.5. The summed E-state index contributed by atoms with van der Waals surface area (Å²) in [5, 5.41) is 3.24. The van der Waals surface area contributed by atoms with Gasteiger partial charge in [0.2, 0.25) is 5.82 Å². The third-order valence-electron chi connectivity index (χ3n) is 3.03. The Morgan fingerprint density at radius 2 is 2.32 bits per heavy atom. The summed E-state index contributed by atoms with van der Waals surface area (Å²) in [7, 11) is 0. The highest BCUT2D eigenvalue weighted by molar-refractivity contribution is 5.85. The summed E-state index contributed by atoms with van der Waals surface area (Å²) < 4.78 is 10.2. The largest absolute Gasteiger partial charge is 0.460 e. The van der Waals surface area contributed by atoms with Crippen LogP contribution in [0.1, 0.15) is 30.4 Å². The first-order valence-corrected chi connectivity index (χ1v) is 6.61. The van der Waals surface area contributed by atoms with Gasteiger partial charge in [-0.2, -0.15) is 0 Å². The number of anilines is 1. The fraction of sp³-hybridized carbons (Fsp3) is 0.615. The molecule has 0 atom stereocenters. The minimum atomic E-state index is -0.489. The number of carbonyl (C=O) groups excluding carboxylic acids is 1. The molecule has 6 heteroatoms. The molecular weight excluding hydrogens is 246 g/mol. The Morgan fingerprint density at radius 1 is 1.53 bits per heavy atom. The van der Waals surface area contributed by atoms with E-state index in [2.05, 4.69) is 15.3 Å². The third kappa shape index (κ3) is 4.17. The van der Waals surface area contributed by atoms with Gasteiger partial charge in [-0.1, -0.05) is 0 Å². The second-order valence-electron chi connectivity index (χ2n) is 4.42. The number of hydrogen-bond donors (Lipinski definition) is 1. The van der Waals surface area contributed by atoms with Gasteiger partial charge in [-0.25, -0.2) is 14.8 Å². The highest BCUT2D eigenvalue weighted by Gasteiger charge is 2.14. The van der Waals surface area contributed by atoms with Crippen LogP contribution >= 0.6 is 0 Å². The van der Waals surface area contributed by atoms with Gasteiger partial charge < -0.3 is 14.8 Å². The third-order valence-corrected chi connectivity index (χ3v) is 3.03. The van der Waals surface area contributed by atoms with Gasteiger partial charge in [0.1, 0.15) is 5.82 Å². The normalized spacial score (nSPS) is 16.1. The Labute approximate surface area is 112 Å². The van der Waals surface area contributed by atoms with Crippen LogP contribution in [0.25, 0.3) is 0 Å². The summed E-state index contributed by atoms with van der Waals surface area (Å²) in [4.78, 5) is 19.6. The van der Waals surface area contributed by atoms with Gasteiger partial charge >= 0.3 is 5.97 Å². The smallest absolute Gasteiger partial charge is 0.376 e. The highest BCUT2D eigenvalue weighted by Crippen LogP contribution is 2.15. The van der Waals surface area contributed by atoms with Crippen molar-refractivity contribution in [3.8, 4) is 0 Å². The van der Waals surface area contributed by atoms with Crippen molar-refractivity contribution in [3.05, 3.63) is 18.1 Å². The zero-order valence-corrected chi connectivity index (χ0v) is 11.1. The van der Waals surface area contributed by atoms with E-state index in [-0.39, 0.29) is 5.82 Å². The van der Waals surface area contributed by atoms with E-state index in [0.29, 0.717) is 18.3 Å². The molecule has 1 aromatic heterocycles. The second-order valence-corrected chi connectivity index (χ2v) is 4.42. The maximum absolute atomic E-state index is 11.5. The van der Waals surface area contributed by atoms with E-state index in [4.69, 9.17) is 9.47 Å². The first-order valence-electron chi connectivity index (χ1n) is 6.61. The summed E-state index contributed by atoms with van der Waals surface area (Å²) in [6.07, 6.45) is 3.68. The zero-order valence-electron chi connectivity index (χ0n) is 11.1. The van der Waals surface area contributed by atoms with Crippen LogP contribution in [0, 0.1) is 5.92 Å². The molecular formula is C13H19N3O3. The Bertz CT molecular complexity index is 419. The molecule has 1 saturated heterocycles. The van der Waals surface area contributed by atoms with E-state index >= 15 is 0 Å². The van der Waals surface area contributed by atoms with Crippen molar-refractivity contribution in [1.82, 2.24) is 9.97 Å². The van der Waals surface area contributed by atoms with E-state index in [9.17, 15) is 4.79 Å². The summed E-state index contributed by atoms with van der Waals surface area (Å²) in [5.74, 6) is 0.857. The summed E-state index contributed by atoms with van der Waals surface area (Å²) in [6, 6.07) is 1.75. The van der Waals surface area contributed by atoms with Gasteiger partial charge in [0.05, 0.1) is 6.61 Å². The zero-order chi connectivity index (χ0) is 13.5. The molecule has 2 heterocycles. The predicted molar refractivity (Wildman–Crippen MR) is 70.0 cm³/mol. The average Bonchev–Trinajstić information content (AvgIpc) is 2.47. The number of esters is 1. The Balaban J connectivity index is 1.89. The van der Waals surface area contributed by atoms with E-state index < -0.39 is 5.97 Å². The van der Waals surface area contributed by atoms with Gasteiger partial charge in [0.15, 0.2) is 0 Å². The van der Waals surface area contributed by atoms with Crippen molar-refractivity contribution in [2.45, 2.75) is 19.8 Å². The minimum absolute atomic E-state index is 0.0961. The molecule has 1 N–H and O–H groups in total. The molecule has 0 unspecified atom stereocenters. The van der Waals surface area contributed by atoms with Crippen LogP contribution in [-0.4, -0.2) is 42.3 Å². The Kier molecular flexibility index (Phi) is 5.09. The fourth-order valence-electron chi connectivity index (χ4n) is 1.95. The van der Waals surface area contributed by atoms with Gasteiger partial charge in [-0.15, -0.1) is 0 Å². The molecule has 19 heavy (non-hydrogen) atoms. The molecule has 1 fully saturated rings. The van der Waals surface area contributed by atoms with E-state index in [1.54, 1.807) is 19.2 Å². The average molecular weight is 265 g/mol. The molecule has 1 aliphatic rings. The quantitative estimate of drug-likeness (QED) is 0.813. The molecule has 0 bridgehead atoms. The van der Waals surface area contributed by atoms with Crippen LogP contribution in [-0.2, 0) is 9.47 Å². The molecule has 1 aromatic rings. The summed E-state index contributed by atoms with van der Waals surface area (Å²) >= 11 is 0. The lowest BCUT2D eigenvalue weighted by Gasteiger charge is -2.22. The first-order chi connectivity index (χ1) is 9.29. The van der Waals surface area contributed by atoms with Crippen LogP contribution < -0.4 is 5.32 Å². The number of aromatic nitrogens is 2. The van der Waals surface area contributed by atoms with E-state index in [1.165, 1.54) is 0 Å². The van der Waals surface area contributed by atoms with E-state index in [0.717, 1.165) is 32.6 Å². The molecule has 2 rings (SSSR count). The summed E-state index contributed by atoms with van der Waals surface area (Å²) in [6.45, 7) is 4.56. The van der Waals surface area contributed by atoms with Crippen molar-refractivity contribution in [2.75, 3.05) is 31.7 Å². The van der Waals surface area contributed by atoms with Crippen molar-refractivity contribution < 1.29 is 14.3 Å². The van der Waals surface area contributed by atoms with Gasteiger partial charge in [-0.05, 0) is 31.7 Å². The van der Waals surface area contributed by atoms with Crippen molar-refractivity contribution in [3.63, 3.8) is 0 Å². The number of carbonyl (C=O) groups is 1. The number of nitrogens with one attached hydrogen (secondary N) is 1. The van der Waals surface area contributed by atoms with Crippen molar-refractivity contribution >= 4 is 11.8 Å². The van der Waals surface area contributed by atoms with Crippen LogP contribution in [0.15, 0.2) is 12.3 Å². The molecule has 0 aliphatic carbocycles. The van der Waals surface area contributed by atoms with E-state index in [1.807, 2.05) is 0 Å². The Hall–Kier alpha value is -1.69. The molecule has 6 nitrogen and oxygen atoms in total. The predicted octanol–water partition coefficient (Wildman–Crippen LogP) is 1.49. The SMILES string of the molecule is CCOC(=O)c1nccc(NCC2CCOCC2)n1. The molecule has 0 amide bonds. The minimum Gasteiger partial charge on any atom is -0.460 e. The number of ether oxygens (including phenoxy) is 2. The van der Waals surface area contributed by atoms with Gasteiger partial charge in [0, 0.05) is 26.0 Å². The van der Waals surface area contributed by atoms with Crippen LogP contribution in [0.3, 0.4) is 0 Å². The summed E-state index contributed by atoms with van der Waals surface area (Å²) in [5.41, 5.74) is 0. The monoisotopic (exact) mass is 265 g/mol. The van der Waals surface area contributed by atoms with Crippen LogP contribution in [0.5, 0.6) is 0 Å². The molecule has 1 aliphatic heterocycles. The molecule has 0 spiro atoms. The molecule has 0 aromatic carbocycles. The second kappa shape index (κ2) is 7.04. The van der Waals surface area contributed by atoms with Crippen LogP contribution in [0.2, 0.25) is 0 Å². The topological polar surface area (TPSA) is 73.3 Å². The highest BCUT2D eigenvalue weighted by atomic mass is 16.5. The standard InChI is InChI=1S/C13H19N3O3/c1-2-19-13(17)12-14-6-3-11(16-12)15-9-10-4-7-18-8-5-10/h3,6,10H,2,4-5,7-9H2,1H3,(H,14,15,16).